The quantitative estimate of drug-likeness (QED) is 0.902. The van der Waals surface area contributed by atoms with Gasteiger partial charge in [-0.3, -0.25) is 0 Å². The lowest BCUT2D eigenvalue weighted by molar-refractivity contribution is 0.108. The van der Waals surface area contributed by atoms with E-state index < -0.39 is 22.2 Å². The van der Waals surface area contributed by atoms with E-state index in [-0.39, 0.29) is 0 Å². The molecule has 4 nitrogen and oxygen atoms in total. The van der Waals surface area contributed by atoms with Crippen molar-refractivity contribution < 1.29 is 13.5 Å². The van der Waals surface area contributed by atoms with Crippen molar-refractivity contribution in [2.24, 2.45) is 0 Å². The monoisotopic (exact) mass is 347 g/mol. The molecule has 0 saturated carbocycles. The maximum atomic E-state index is 13.1. The van der Waals surface area contributed by atoms with Crippen molar-refractivity contribution in [2.45, 2.75) is 44.7 Å². The molecule has 5 heteroatoms. The second-order valence-corrected chi connectivity index (χ2v) is 8.28. The molecular weight excluding hydrogens is 322 g/mol. The highest BCUT2D eigenvalue weighted by atomic mass is 32.2. The summed E-state index contributed by atoms with van der Waals surface area (Å²) < 4.78 is 27.4. The van der Waals surface area contributed by atoms with E-state index in [4.69, 9.17) is 0 Å². The van der Waals surface area contributed by atoms with E-state index >= 15 is 0 Å². The molecule has 0 aliphatic heterocycles. The van der Waals surface area contributed by atoms with Crippen LogP contribution < -0.4 is 0 Å². The minimum absolute atomic E-state index is 0.322. The summed E-state index contributed by atoms with van der Waals surface area (Å²) in [4.78, 5) is 0.322. The van der Waals surface area contributed by atoms with Crippen LogP contribution in [0.3, 0.4) is 0 Å². The van der Waals surface area contributed by atoms with Crippen molar-refractivity contribution in [2.75, 3.05) is 7.05 Å². The van der Waals surface area contributed by atoms with Gasteiger partial charge in [-0.25, -0.2) is 8.42 Å². The van der Waals surface area contributed by atoms with Crippen molar-refractivity contribution >= 4 is 10.0 Å². The van der Waals surface area contributed by atoms with E-state index in [1.165, 1.54) is 11.4 Å². The van der Waals surface area contributed by atoms with Crippen molar-refractivity contribution in [3.8, 4) is 0 Å². The van der Waals surface area contributed by atoms with Crippen LogP contribution in [0.25, 0.3) is 0 Å². The van der Waals surface area contributed by atoms with E-state index in [2.05, 4.69) is 0 Å². The molecule has 0 bridgehead atoms. The Morgan fingerprint density at radius 3 is 2.00 bits per heavy atom. The van der Waals surface area contributed by atoms with Gasteiger partial charge in [0.2, 0.25) is 10.0 Å². The van der Waals surface area contributed by atoms with Gasteiger partial charge in [-0.15, -0.1) is 0 Å². The van der Waals surface area contributed by atoms with Crippen LogP contribution in [0.2, 0.25) is 0 Å². The first kappa shape index (κ1) is 18.6. The summed E-state index contributed by atoms with van der Waals surface area (Å²) in [6, 6.07) is 12.3. The Bertz CT molecular complexity index is 793. The van der Waals surface area contributed by atoms with Gasteiger partial charge in [0.25, 0.3) is 0 Å². The third kappa shape index (κ3) is 3.53. The fourth-order valence-corrected chi connectivity index (χ4v) is 4.84. The first-order valence-electron chi connectivity index (χ1n) is 7.95. The molecule has 0 heterocycles. The molecule has 0 aliphatic carbocycles. The van der Waals surface area contributed by atoms with Gasteiger partial charge in [-0.1, -0.05) is 48.0 Å². The number of rotatable bonds is 5. The largest absolute Gasteiger partial charge is 0.387 e. The van der Waals surface area contributed by atoms with Crippen LogP contribution in [0.15, 0.2) is 47.4 Å². The van der Waals surface area contributed by atoms with Crippen molar-refractivity contribution in [1.82, 2.24) is 4.31 Å². The summed E-state index contributed by atoms with van der Waals surface area (Å²) in [5.41, 5.74) is 3.18. The highest BCUT2D eigenvalue weighted by Crippen LogP contribution is 2.29. The van der Waals surface area contributed by atoms with E-state index in [1.807, 2.05) is 37.3 Å². The number of likely N-dealkylation sites (N-methyl/N-ethyl adjacent to an activating group) is 1. The number of hydrogen-bond donors (Lipinski definition) is 1. The average molecular weight is 347 g/mol. The van der Waals surface area contributed by atoms with Gasteiger partial charge in [0.15, 0.2) is 0 Å². The Hall–Kier alpha value is -1.69. The molecule has 1 N–H and O–H groups in total. The van der Waals surface area contributed by atoms with Crippen LogP contribution >= 0.6 is 0 Å². The minimum atomic E-state index is -3.70. The van der Waals surface area contributed by atoms with Gasteiger partial charge >= 0.3 is 0 Å². The zero-order chi connectivity index (χ0) is 18.1. The fraction of sp³-hybridized carbons (Fsp3) is 0.368. The van der Waals surface area contributed by atoms with Crippen molar-refractivity contribution in [3.05, 3.63) is 64.7 Å². The van der Waals surface area contributed by atoms with Crippen LogP contribution in [0, 0.1) is 20.8 Å². The standard InChI is InChI=1S/C19H25NO3S/c1-13-11-14(2)19(15(3)12-13)24(22,23)20(5)16(4)18(21)17-9-7-6-8-10-17/h6-12,16,18,21H,1-5H3/t16-,18-/m1/s1. The molecule has 0 aliphatic rings. The number of sulfonamides is 1. The SMILES string of the molecule is Cc1cc(C)c(S(=O)(=O)N(C)[C@H](C)[C@@H](O)c2ccccc2)c(C)c1. The second kappa shape index (κ2) is 7.05. The highest BCUT2D eigenvalue weighted by molar-refractivity contribution is 7.89. The smallest absolute Gasteiger partial charge is 0.243 e. The van der Waals surface area contributed by atoms with E-state index in [0.29, 0.717) is 10.5 Å². The third-order valence-electron chi connectivity index (χ3n) is 4.41. The Balaban J connectivity index is 2.39. The zero-order valence-corrected chi connectivity index (χ0v) is 15.6. The normalized spacial score (nSPS) is 14.6. The Morgan fingerprint density at radius 2 is 1.50 bits per heavy atom. The number of nitrogens with zero attached hydrogens (tertiary/aromatic N) is 1. The summed E-state index contributed by atoms with van der Waals surface area (Å²) in [7, 11) is -2.18. The summed E-state index contributed by atoms with van der Waals surface area (Å²) in [5.74, 6) is 0. The molecule has 2 aromatic rings. The molecular formula is C19H25NO3S. The molecule has 0 spiro atoms. The van der Waals surface area contributed by atoms with Crippen LogP contribution in [0.5, 0.6) is 0 Å². The molecule has 0 aromatic heterocycles. The van der Waals surface area contributed by atoms with Crippen LogP contribution in [-0.2, 0) is 10.0 Å². The van der Waals surface area contributed by atoms with Gasteiger partial charge in [-0.05, 0) is 44.4 Å². The summed E-state index contributed by atoms with van der Waals surface area (Å²) in [6.07, 6.45) is -0.892. The first-order valence-corrected chi connectivity index (χ1v) is 9.39. The van der Waals surface area contributed by atoms with Gasteiger partial charge in [0, 0.05) is 7.05 Å². The molecule has 2 atom stereocenters. The van der Waals surface area contributed by atoms with E-state index in [0.717, 1.165) is 16.7 Å². The van der Waals surface area contributed by atoms with Crippen LogP contribution in [-0.4, -0.2) is 30.9 Å². The van der Waals surface area contributed by atoms with Gasteiger partial charge in [0.1, 0.15) is 0 Å². The zero-order valence-electron chi connectivity index (χ0n) is 14.8. The average Bonchev–Trinajstić information content (AvgIpc) is 2.52. The maximum Gasteiger partial charge on any atom is 0.243 e. The van der Waals surface area contributed by atoms with Crippen molar-refractivity contribution in [1.29, 1.82) is 0 Å². The molecule has 24 heavy (non-hydrogen) atoms. The summed E-state index contributed by atoms with van der Waals surface area (Å²) >= 11 is 0. The predicted octanol–water partition coefficient (Wildman–Crippen LogP) is 3.35. The topological polar surface area (TPSA) is 57.6 Å². The number of aliphatic hydroxyl groups excluding tert-OH is 1. The lowest BCUT2D eigenvalue weighted by atomic mass is 10.0. The van der Waals surface area contributed by atoms with Crippen LogP contribution in [0.4, 0.5) is 0 Å². The van der Waals surface area contributed by atoms with Gasteiger partial charge in [0.05, 0.1) is 17.0 Å². The number of hydrogen-bond acceptors (Lipinski definition) is 3. The molecule has 0 amide bonds. The number of benzene rings is 2. The number of aryl methyl sites for hydroxylation is 3. The van der Waals surface area contributed by atoms with Crippen molar-refractivity contribution in [3.63, 3.8) is 0 Å². The Kier molecular flexibility index (Phi) is 5.48. The first-order chi connectivity index (χ1) is 11.2. The van der Waals surface area contributed by atoms with Gasteiger partial charge in [-0.2, -0.15) is 4.31 Å². The molecule has 2 aromatic carbocycles. The maximum absolute atomic E-state index is 13.1. The lowest BCUT2D eigenvalue weighted by Gasteiger charge is -2.29. The Morgan fingerprint density at radius 1 is 1.00 bits per heavy atom. The molecule has 0 radical (unpaired) electrons. The minimum Gasteiger partial charge on any atom is -0.387 e. The van der Waals surface area contributed by atoms with Gasteiger partial charge < -0.3 is 5.11 Å². The van der Waals surface area contributed by atoms with E-state index in [9.17, 15) is 13.5 Å². The molecule has 0 fully saturated rings. The number of aliphatic hydroxyl groups is 1. The summed E-state index contributed by atoms with van der Waals surface area (Å²) in [6.45, 7) is 7.27. The highest BCUT2D eigenvalue weighted by Gasteiger charge is 2.32. The second-order valence-electron chi connectivity index (χ2n) is 6.35. The molecule has 2 rings (SSSR count). The summed E-state index contributed by atoms with van der Waals surface area (Å²) in [5, 5.41) is 10.5. The van der Waals surface area contributed by atoms with E-state index in [1.54, 1.807) is 32.9 Å². The lowest BCUT2D eigenvalue weighted by Crippen LogP contribution is -2.39. The third-order valence-corrected chi connectivity index (χ3v) is 6.66. The molecule has 0 unspecified atom stereocenters. The predicted molar refractivity (Wildman–Crippen MR) is 96.5 cm³/mol. The molecule has 130 valence electrons. The fourth-order valence-electron chi connectivity index (χ4n) is 3.06. The molecule has 0 saturated heterocycles. The Labute approximate surface area is 144 Å². The van der Waals surface area contributed by atoms with Crippen LogP contribution in [0.1, 0.15) is 35.3 Å².